The molecular weight excluding hydrogens is 446 g/mol. The smallest absolute Gasteiger partial charge is 0.317 e. The minimum Gasteiger partial charge on any atom is -0.505 e. The first-order valence-electron chi connectivity index (χ1n) is 11.8. The SMILES string of the molecule is CCOC(=O)C(Cc1c(C(=O)N(C)C)cc2c(nc(C3CC3)n2C)c1O)C(=O)c1ccccc1C. The van der Waals surface area contributed by atoms with Crippen molar-refractivity contribution in [3.05, 3.63) is 58.4 Å². The third kappa shape index (κ3) is 4.52. The van der Waals surface area contributed by atoms with Crippen LogP contribution in [0.4, 0.5) is 0 Å². The van der Waals surface area contributed by atoms with Gasteiger partial charge in [-0.3, -0.25) is 14.4 Å². The van der Waals surface area contributed by atoms with Gasteiger partial charge in [0.1, 0.15) is 23.0 Å². The number of ether oxygens (including phenoxy) is 1. The van der Waals surface area contributed by atoms with Gasteiger partial charge >= 0.3 is 5.97 Å². The van der Waals surface area contributed by atoms with E-state index in [4.69, 9.17) is 4.74 Å². The largest absolute Gasteiger partial charge is 0.505 e. The highest BCUT2D eigenvalue weighted by Crippen LogP contribution is 2.42. The van der Waals surface area contributed by atoms with Gasteiger partial charge in [-0.1, -0.05) is 24.3 Å². The Kier molecular flexibility index (Phi) is 6.65. The lowest BCUT2D eigenvalue weighted by Gasteiger charge is -2.20. The molecule has 1 atom stereocenters. The molecule has 1 aliphatic carbocycles. The monoisotopic (exact) mass is 477 g/mol. The number of aromatic nitrogens is 2. The van der Waals surface area contributed by atoms with Gasteiger partial charge in [-0.05, 0) is 44.7 Å². The Labute approximate surface area is 204 Å². The van der Waals surface area contributed by atoms with Crippen LogP contribution in [0.15, 0.2) is 30.3 Å². The van der Waals surface area contributed by atoms with E-state index in [-0.39, 0.29) is 35.8 Å². The number of nitrogens with zero attached hydrogens (tertiary/aromatic N) is 3. The molecular formula is C27H31N3O5. The number of phenolic OH excluding ortho intramolecular Hbond substituents is 1. The molecule has 0 spiro atoms. The third-order valence-electron chi connectivity index (χ3n) is 6.58. The third-order valence-corrected chi connectivity index (χ3v) is 6.58. The second-order valence-electron chi connectivity index (χ2n) is 9.31. The molecule has 0 bridgehead atoms. The first-order valence-corrected chi connectivity index (χ1v) is 11.8. The molecule has 184 valence electrons. The molecule has 1 aliphatic rings. The van der Waals surface area contributed by atoms with Crippen LogP contribution in [0.3, 0.4) is 0 Å². The summed E-state index contributed by atoms with van der Waals surface area (Å²) in [7, 11) is 5.11. The summed E-state index contributed by atoms with van der Waals surface area (Å²) < 4.78 is 7.15. The molecule has 8 nitrogen and oxygen atoms in total. The van der Waals surface area contributed by atoms with Crippen molar-refractivity contribution in [1.29, 1.82) is 0 Å². The minimum absolute atomic E-state index is 0.107. The number of hydrogen-bond acceptors (Lipinski definition) is 6. The first-order chi connectivity index (χ1) is 16.6. The van der Waals surface area contributed by atoms with Crippen molar-refractivity contribution in [3.8, 4) is 5.75 Å². The highest BCUT2D eigenvalue weighted by atomic mass is 16.5. The van der Waals surface area contributed by atoms with Gasteiger partial charge in [-0.25, -0.2) is 4.98 Å². The number of phenols is 1. The summed E-state index contributed by atoms with van der Waals surface area (Å²) in [5, 5.41) is 11.4. The average molecular weight is 478 g/mol. The van der Waals surface area contributed by atoms with Crippen LogP contribution in [0.2, 0.25) is 0 Å². The quantitative estimate of drug-likeness (QED) is 0.301. The van der Waals surface area contributed by atoms with Crippen molar-refractivity contribution in [1.82, 2.24) is 14.5 Å². The molecule has 1 saturated carbocycles. The Bertz CT molecular complexity index is 1320. The molecule has 1 N–H and O–H groups in total. The number of benzene rings is 2. The first kappa shape index (κ1) is 24.4. The number of Topliss-reactive ketones (excluding diaryl/α,β-unsaturated/α-hetero) is 1. The molecule has 1 heterocycles. The predicted octanol–water partition coefficient (Wildman–Crippen LogP) is 3.77. The van der Waals surface area contributed by atoms with Crippen LogP contribution >= 0.6 is 0 Å². The van der Waals surface area contributed by atoms with E-state index in [1.165, 1.54) is 4.90 Å². The molecule has 3 aromatic rings. The van der Waals surface area contributed by atoms with Gasteiger partial charge in [0.15, 0.2) is 5.78 Å². The van der Waals surface area contributed by atoms with Gasteiger partial charge in [0, 0.05) is 43.8 Å². The average Bonchev–Trinajstić information content (AvgIpc) is 3.61. The topological polar surface area (TPSA) is 102 Å². The Morgan fingerprint density at radius 1 is 1.20 bits per heavy atom. The highest BCUT2D eigenvalue weighted by molar-refractivity contribution is 6.10. The maximum atomic E-state index is 13.5. The fraction of sp³-hybridized carbons (Fsp3) is 0.407. The summed E-state index contributed by atoms with van der Waals surface area (Å²) in [5.41, 5.74) is 2.59. The van der Waals surface area contributed by atoms with E-state index < -0.39 is 17.7 Å². The van der Waals surface area contributed by atoms with Crippen LogP contribution in [-0.2, 0) is 23.0 Å². The van der Waals surface area contributed by atoms with Crippen LogP contribution in [0.5, 0.6) is 5.75 Å². The number of hydrogen-bond donors (Lipinski definition) is 1. The predicted molar refractivity (Wildman–Crippen MR) is 132 cm³/mol. The number of rotatable bonds is 8. The Morgan fingerprint density at radius 3 is 2.49 bits per heavy atom. The number of carbonyl (C=O) groups excluding carboxylic acids is 3. The molecule has 1 fully saturated rings. The zero-order valence-corrected chi connectivity index (χ0v) is 20.8. The van der Waals surface area contributed by atoms with E-state index in [0.717, 1.165) is 24.2 Å². The van der Waals surface area contributed by atoms with Crippen molar-refractivity contribution < 1.29 is 24.2 Å². The van der Waals surface area contributed by atoms with Gasteiger partial charge < -0.3 is 19.3 Å². The second kappa shape index (κ2) is 9.52. The summed E-state index contributed by atoms with van der Waals surface area (Å²) in [6.45, 7) is 3.58. The number of imidazole rings is 1. The molecule has 1 amide bonds. The maximum absolute atomic E-state index is 13.5. The van der Waals surface area contributed by atoms with E-state index in [2.05, 4.69) is 4.98 Å². The molecule has 0 aliphatic heterocycles. The molecule has 1 aromatic heterocycles. The number of esters is 1. The maximum Gasteiger partial charge on any atom is 0.317 e. The Balaban J connectivity index is 1.88. The van der Waals surface area contributed by atoms with Crippen LogP contribution in [0.1, 0.15) is 63.4 Å². The van der Waals surface area contributed by atoms with Crippen LogP contribution in [0, 0.1) is 12.8 Å². The number of aryl methyl sites for hydroxylation is 2. The second-order valence-corrected chi connectivity index (χ2v) is 9.31. The Hall–Kier alpha value is -3.68. The number of amides is 1. The summed E-state index contributed by atoms with van der Waals surface area (Å²) in [6, 6.07) is 8.72. The number of fused-ring (bicyclic) bond motifs is 1. The van der Waals surface area contributed by atoms with E-state index in [9.17, 15) is 19.5 Å². The van der Waals surface area contributed by atoms with Crippen LogP contribution in [0.25, 0.3) is 11.0 Å². The van der Waals surface area contributed by atoms with Gasteiger partial charge in [0.05, 0.1) is 12.1 Å². The highest BCUT2D eigenvalue weighted by Gasteiger charge is 2.35. The summed E-state index contributed by atoms with van der Waals surface area (Å²) in [4.78, 5) is 45.8. The molecule has 2 aromatic carbocycles. The fourth-order valence-electron chi connectivity index (χ4n) is 4.47. The lowest BCUT2D eigenvalue weighted by Crippen LogP contribution is -2.30. The van der Waals surface area contributed by atoms with Crippen molar-refractivity contribution in [2.75, 3.05) is 20.7 Å². The molecule has 0 saturated heterocycles. The van der Waals surface area contributed by atoms with E-state index in [1.807, 2.05) is 17.7 Å². The van der Waals surface area contributed by atoms with E-state index in [1.54, 1.807) is 52.2 Å². The van der Waals surface area contributed by atoms with Gasteiger partial charge in [-0.15, -0.1) is 0 Å². The lowest BCUT2D eigenvalue weighted by molar-refractivity contribution is -0.146. The zero-order chi connectivity index (χ0) is 25.4. The van der Waals surface area contributed by atoms with Crippen molar-refractivity contribution in [3.63, 3.8) is 0 Å². The van der Waals surface area contributed by atoms with Crippen molar-refractivity contribution in [2.24, 2.45) is 13.0 Å². The zero-order valence-electron chi connectivity index (χ0n) is 20.8. The molecule has 0 radical (unpaired) electrons. The van der Waals surface area contributed by atoms with E-state index >= 15 is 0 Å². The number of ketones is 1. The Morgan fingerprint density at radius 2 is 1.89 bits per heavy atom. The molecule has 4 rings (SSSR count). The minimum atomic E-state index is -1.22. The fourth-order valence-corrected chi connectivity index (χ4v) is 4.47. The standard InChI is InChI=1S/C27H31N3O5/c1-6-35-27(34)20(23(31)17-10-8-7-9-15(17)2)13-18-19(26(33)29(3)4)14-21-22(24(18)32)28-25(30(21)5)16-11-12-16/h7-10,14,16,20,32H,6,11-13H2,1-5H3. The normalized spacial score (nSPS) is 14.1. The summed E-state index contributed by atoms with van der Waals surface area (Å²) >= 11 is 0. The molecule has 1 unspecified atom stereocenters. The van der Waals surface area contributed by atoms with Crippen molar-refractivity contribution >= 4 is 28.7 Å². The van der Waals surface area contributed by atoms with Gasteiger partial charge in [0.2, 0.25) is 0 Å². The molecule has 35 heavy (non-hydrogen) atoms. The molecule has 8 heteroatoms. The van der Waals surface area contributed by atoms with Crippen LogP contribution in [-0.4, -0.2) is 57.9 Å². The van der Waals surface area contributed by atoms with Crippen molar-refractivity contribution in [2.45, 2.75) is 39.0 Å². The summed E-state index contributed by atoms with van der Waals surface area (Å²) in [6.07, 6.45) is 1.88. The van der Waals surface area contributed by atoms with Gasteiger partial charge in [-0.2, -0.15) is 0 Å². The lowest BCUT2D eigenvalue weighted by atomic mass is 9.87. The summed E-state index contributed by atoms with van der Waals surface area (Å²) in [5.74, 6) is -1.65. The van der Waals surface area contributed by atoms with Gasteiger partial charge in [0.25, 0.3) is 5.91 Å². The van der Waals surface area contributed by atoms with E-state index in [0.29, 0.717) is 22.5 Å². The number of aromatic hydroxyl groups is 1. The van der Waals surface area contributed by atoms with Crippen LogP contribution < -0.4 is 0 Å². The number of carbonyl (C=O) groups is 3.